The smallest absolute Gasteiger partial charge is 0.258 e. The van der Waals surface area contributed by atoms with Crippen LogP contribution < -0.4 is 10.6 Å². The summed E-state index contributed by atoms with van der Waals surface area (Å²) in [4.78, 5) is 32.5. The van der Waals surface area contributed by atoms with Crippen LogP contribution in [-0.4, -0.2) is 21.7 Å². The first kappa shape index (κ1) is 20.2. The van der Waals surface area contributed by atoms with Crippen LogP contribution in [0.5, 0.6) is 0 Å². The number of aryl methyl sites for hydroxylation is 1. The molecule has 148 valence electrons. The number of ketones is 1. The SMILES string of the molecule is CC(=O)c1ccc(Nc2ncc(C(=O)Nc3c(C)cccc3C(C)C)cn2)cc1. The minimum absolute atomic E-state index is 0.0115. The van der Waals surface area contributed by atoms with E-state index < -0.39 is 0 Å². The molecule has 1 amide bonds. The first-order chi connectivity index (χ1) is 13.8. The maximum Gasteiger partial charge on any atom is 0.258 e. The van der Waals surface area contributed by atoms with E-state index in [-0.39, 0.29) is 11.7 Å². The van der Waals surface area contributed by atoms with Gasteiger partial charge in [0, 0.05) is 29.3 Å². The van der Waals surface area contributed by atoms with Crippen molar-refractivity contribution < 1.29 is 9.59 Å². The number of carbonyl (C=O) groups is 2. The Kier molecular flexibility index (Phi) is 6.02. The number of hydrogen-bond acceptors (Lipinski definition) is 5. The number of nitrogens with one attached hydrogen (secondary N) is 2. The van der Waals surface area contributed by atoms with Crippen LogP contribution in [0.2, 0.25) is 0 Å². The summed E-state index contributed by atoms with van der Waals surface area (Å²) in [5.41, 5.74) is 4.71. The average Bonchev–Trinajstić information content (AvgIpc) is 2.70. The Labute approximate surface area is 170 Å². The molecular weight excluding hydrogens is 364 g/mol. The Hall–Kier alpha value is -3.54. The molecule has 0 aliphatic carbocycles. The van der Waals surface area contributed by atoms with E-state index in [2.05, 4.69) is 34.4 Å². The van der Waals surface area contributed by atoms with Crippen molar-refractivity contribution >= 4 is 29.0 Å². The van der Waals surface area contributed by atoms with Gasteiger partial charge in [0.25, 0.3) is 5.91 Å². The van der Waals surface area contributed by atoms with Crippen LogP contribution in [0.4, 0.5) is 17.3 Å². The summed E-state index contributed by atoms with van der Waals surface area (Å²) in [5.74, 6) is 0.425. The maximum absolute atomic E-state index is 12.7. The topological polar surface area (TPSA) is 84.0 Å². The fraction of sp³-hybridized carbons (Fsp3) is 0.217. The van der Waals surface area contributed by atoms with E-state index in [9.17, 15) is 9.59 Å². The van der Waals surface area contributed by atoms with Gasteiger partial charge in [0.15, 0.2) is 5.78 Å². The number of benzene rings is 2. The van der Waals surface area contributed by atoms with E-state index in [1.54, 1.807) is 24.3 Å². The number of Topliss-reactive ketones (excluding diaryl/α,β-unsaturated/α-hetero) is 1. The van der Waals surface area contributed by atoms with Crippen LogP contribution >= 0.6 is 0 Å². The molecule has 0 unspecified atom stereocenters. The van der Waals surface area contributed by atoms with Crippen molar-refractivity contribution in [1.29, 1.82) is 0 Å². The molecule has 0 aliphatic rings. The minimum atomic E-state index is -0.251. The number of hydrogen-bond donors (Lipinski definition) is 2. The molecule has 1 aromatic heterocycles. The first-order valence-electron chi connectivity index (χ1n) is 9.46. The number of amides is 1. The predicted molar refractivity (Wildman–Crippen MR) is 115 cm³/mol. The van der Waals surface area contributed by atoms with Crippen LogP contribution in [0.3, 0.4) is 0 Å². The molecule has 0 bridgehead atoms. The first-order valence-corrected chi connectivity index (χ1v) is 9.46. The van der Waals surface area contributed by atoms with Crippen LogP contribution in [0.25, 0.3) is 0 Å². The average molecular weight is 388 g/mol. The van der Waals surface area contributed by atoms with Gasteiger partial charge < -0.3 is 10.6 Å². The third-order valence-corrected chi connectivity index (χ3v) is 4.63. The van der Waals surface area contributed by atoms with Gasteiger partial charge in [0.05, 0.1) is 5.56 Å². The van der Waals surface area contributed by atoms with Gasteiger partial charge in [-0.2, -0.15) is 0 Å². The van der Waals surface area contributed by atoms with Crippen molar-refractivity contribution in [3.63, 3.8) is 0 Å². The lowest BCUT2D eigenvalue weighted by Gasteiger charge is -2.16. The molecule has 2 aromatic carbocycles. The van der Waals surface area contributed by atoms with Crippen molar-refractivity contribution in [3.05, 3.63) is 77.1 Å². The molecule has 2 N–H and O–H groups in total. The molecule has 3 rings (SSSR count). The van der Waals surface area contributed by atoms with Crippen molar-refractivity contribution in [2.45, 2.75) is 33.6 Å². The second-order valence-corrected chi connectivity index (χ2v) is 7.20. The van der Waals surface area contributed by atoms with E-state index in [4.69, 9.17) is 0 Å². The molecule has 0 spiro atoms. The summed E-state index contributed by atoms with van der Waals surface area (Å²) in [6.45, 7) is 7.69. The van der Waals surface area contributed by atoms with Gasteiger partial charge in [-0.05, 0) is 55.2 Å². The summed E-state index contributed by atoms with van der Waals surface area (Å²) in [5, 5.41) is 6.04. The maximum atomic E-state index is 12.7. The number of para-hydroxylation sites is 1. The highest BCUT2D eigenvalue weighted by molar-refractivity contribution is 6.04. The lowest BCUT2D eigenvalue weighted by atomic mass is 9.98. The highest BCUT2D eigenvalue weighted by Gasteiger charge is 2.14. The van der Waals surface area contributed by atoms with Gasteiger partial charge in [0.2, 0.25) is 5.95 Å². The highest BCUT2D eigenvalue weighted by Crippen LogP contribution is 2.27. The summed E-state index contributed by atoms with van der Waals surface area (Å²) in [6, 6.07) is 13.0. The monoisotopic (exact) mass is 388 g/mol. The predicted octanol–water partition coefficient (Wildman–Crippen LogP) is 5.11. The number of carbonyl (C=O) groups excluding carboxylic acids is 2. The molecule has 0 saturated carbocycles. The molecular formula is C23H24N4O2. The van der Waals surface area contributed by atoms with Gasteiger partial charge in [0.1, 0.15) is 0 Å². The Balaban J connectivity index is 1.72. The molecule has 6 heteroatoms. The van der Waals surface area contributed by atoms with E-state index in [1.807, 2.05) is 25.1 Å². The zero-order chi connectivity index (χ0) is 21.0. The van der Waals surface area contributed by atoms with Gasteiger partial charge in [-0.3, -0.25) is 9.59 Å². The Bertz CT molecular complexity index is 1030. The van der Waals surface area contributed by atoms with Gasteiger partial charge in [-0.1, -0.05) is 32.0 Å². The molecule has 0 radical (unpaired) electrons. The molecule has 3 aromatic rings. The van der Waals surface area contributed by atoms with E-state index >= 15 is 0 Å². The van der Waals surface area contributed by atoms with Crippen LogP contribution in [-0.2, 0) is 0 Å². The van der Waals surface area contributed by atoms with Crippen LogP contribution in [0, 0.1) is 6.92 Å². The lowest BCUT2D eigenvalue weighted by molar-refractivity contribution is 0.101. The summed E-state index contributed by atoms with van der Waals surface area (Å²) in [7, 11) is 0. The Morgan fingerprint density at radius 3 is 2.17 bits per heavy atom. The van der Waals surface area contributed by atoms with Gasteiger partial charge in [-0.25, -0.2) is 9.97 Å². The summed E-state index contributed by atoms with van der Waals surface area (Å²) >= 11 is 0. The molecule has 0 atom stereocenters. The molecule has 0 saturated heterocycles. The second-order valence-electron chi connectivity index (χ2n) is 7.20. The molecule has 0 fully saturated rings. The molecule has 0 aliphatic heterocycles. The zero-order valence-corrected chi connectivity index (χ0v) is 17.0. The number of aromatic nitrogens is 2. The lowest BCUT2D eigenvalue weighted by Crippen LogP contribution is -2.15. The van der Waals surface area contributed by atoms with Crippen molar-refractivity contribution in [3.8, 4) is 0 Å². The third-order valence-electron chi connectivity index (χ3n) is 4.63. The van der Waals surface area contributed by atoms with Crippen LogP contribution in [0.15, 0.2) is 54.9 Å². The van der Waals surface area contributed by atoms with Crippen LogP contribution in [0.1, 0.15) is 58.5 Å². The Morgan fingerprint density at radius 2 is 1.59 bits per heavy atom. The van der Waals surface area contributed by atoms with E-state index in [1.165, 1.54) is 19.3 Å². The largest absolute Gasteiger partial charge is 0.324 e. The van der Waals surface area contributed by atoms with Gasteiger partial charge >= 0.3 is 0 Å². The number of anilines is 3. The normalized spacial score (nSPS) is 10.7. The van der Waals surface area contributed by atoms with Crippen molar-refractivity contribution in [1.82, 2.24) is 9.97 Å². The minimum Gasteiger partial charge on any atom is -0.324 e. The summed E-state index contributed by atoms with van der Waals surface area (Å²) in [6.07, 6.45) is 2.98. The quantitative estimate of drug-likeness (QED) is 0.574. The third kappa shape index (κ3) is 4.85. The highest BCUT2D eigenvalue weighted by atomic mass is 16.1. The number of nitrogens with zero attached hydrogens (tertiary/aromatic N) is 2. The molecule has 6 nitrogen and oxygen atoms in total. The van der Waals surface area contributed by atoms with Crippen molar-refractivity contribution in [2.24, 2.45) is 0 Å². The van der Waals surface area contributed by atoms with Crippen molar-refractivity contribution in [2.75, 3.05) is 10.6 Å². The van der Waals surface area contributed by atoms with E-state index in [0.717, 1.165) is 22.5 Å². The zero-order valence-electron chi connectivity index (χ0n) is 17.0. The standard InChI is InChI=1S/C23H24N4O2/c1-14(2)20-7-5-6-15(3)21(20)27-22(29)18-12-24-23(25-13-18)26-19-10-8-17(9-11-19)16(4)28/h5-14H,1-4H3,(H,27,29)(H,24,25,26). The fourth-order valence-electron chi connectivity index (χ4n) is 2.96. The van der Waals surface area contributed by atoms with Gasteiger partial charge in [-0.15, -0.1) is 0 Å². The van der Waals surface area contributed by atoms with E-state index in [0.29, 0.717) is 23.0 Å². The second kappa shape index (κ2) is 8.65. The number of rotatable bonds is 6. The Morgan fingerprint density at radius 1 is 0.931 bits per heavy atom. The summed E-state index contributed by atoms with van der Waals surface area (Å²) < 4.78 is 0. The molecule has 1 heterocycles. The fourth-order valence-corrected chi connectivity index (χ4v) is 2.96. The molecule has 29 heavy (non-hydrogen) atoms.